The number of nitrogens with zero attached hydrogens (tertiary/aromatic N) is 2. The molecule has 0 aromatic heterocycles. The Morgan fingerprint density at radius 1 is 1.12 bits per heavy atom. The van der Waals surface area contributed by atoms with Crippen LogP contribution in [0.15, 0.2) is 17.0 Å². The van der Waals surface area contributed by atoms with Crippen LogP contribution in [0.1, 0.15) is 43.4 Å². The molecule has 1 fully saturated rings. The van der Waals surface area contributed by atoms with Crippen LogP contribution in [0, 0.1) is 13.8 Å². The van der Waals surface area contributed by atoms with Crippen molar-refractivity contribution in [1.82, 2.24) is 9.80 Å². The lowest BCUT2D eigenvalue weighted by atomic mass is 10.1. The van der Waals surface area contributed by atoms with Gasteiger partial charge < -0.3 is 4.90 Å². The van der Waals surface area contributed by atoms with E-state index in [0.29, 0.717) is 19.4 Å². The van der Waals surface area contributed by atoms with E-state index in [1.807, 2.05) is 11.8 Å². The number of likely N-dealkylation sites (tertiary alicyclic amines) is 1. The molecule has 5 heteroatoms. The first-order valence-electron chi connectivity index (χ1n) is 8.36. The van der Waals surface area contributed by atoms with Crippen molar-refractivity contribution in [2.75, 3.05) is 20.6 Å². The molecule has 132 valence electrons. The maximum absolute atomic E-state index is 12.0. The number of carbonyl (C=O) groups is 2. The standard InChI is InChI=1S/C19H28N2O2S/c1-13-9-14(2)18(24-19(3,4)12-20(5)6)15(10-13)11-21-16(22)7-8-17(21)23/h9-10H,7-8,11-12H2,1-6H3. The summed E-state index contributed by atoms with van der Waals surface area (Å²) >= 11 is 1.83. The van der Waals surface area contributed by atoms with Crippen LogP contribution in [0.4, 0.5) is 0 Å². The molecule has 1 aliphatic rings. The molecular weight excluding hydrogens is 320 g/mol. The van der Waals surface area contributed by atoms with Crippen molar-refractivity contribution in [2.45, 2.75) is 56.7 Å². The van der Waals surface area contributed by atoms with Crippen molar-refractivity contribution in [2.24, 2.45) is 0 Å². The number of rotatable bonds is 6. The SMILES string of the molecule is Cc1cc(C)c(SC(C)(C)CN(C)C)c(CN2C(=O)CCC2=O)c1. The van der Waals surface area contributed by atoms with E-state index in [-0.39, 0.29) is 16.6 Å². The second-order valence-corrected chi connectivity index (χ2v) is 9.26. The molecule has 0 bridgehead atoms. The van der Waals surface area contributed by atoms with E-state index in [2.05, 4.69) is 58.8 Å². The molecule has 1 saturated heterocycles. The Morgan fingerprint density at radius 2 is 1.71 bits per heavy atom. The van der Waals surface area contributed by atoms with Crippen molar-refractivity contribution >= 4 is 23.6 Å². The first-order valence-corrected chi connectivity index (χ1v) is 9.18. The lowest BCUT2D eigenvalue weighted by Crippen LogP contribution is -2.32. The number of carbonyl (C=O) groups excluding carboxylic acids is 2. The van der Waals surface area contributed by atoms with E-state index in [9.17, 15) is 9.59 Å². The zero-order chi connectivity index (χ0) is 18.1. The summed E-state index contributed by atoms with van der Waals surface area (Å²) in [5.74, 6) is -0.106. The fourth-order valence-electron chi connectivity index (χ4n) is 3.35. The average molecular weight is 349 g/mol. The number of imide groups is 1. The monoisotopic (exact) mass is 348 g/mol. The minimum atomic E-state index is -0.0531. The number of hydrogen-bond donors (Lipinski definition) is 0. The Kier molecular flexibility index (Phi) is 5.76. The van der Waals surface area contributed by atoms with Crippen LogP contribution >= 0.6 is 11.8 Å². The highest BCUT2D eigenvalue weighted by atomic mass is 32.2. The molecule has 2 rings (SSSR count). The van der Waals surface area contributed by atoms with Crippen molar-refractivity contribution in [3.8, 4) is 0 Å². The molecule has 1 aromatic rings. The topological polar surface area (TPSA) is 40.6 Å². The molecule has 1 aliphatic heterocycles. The molecular formula is C19H28N2O2S. The van der Waals surface area contributed by atoms with Gasteiger partial charge in [0, 0.05) is 29.0 Å². The Labute approximate surface area is 149 Å². The molecule has 0 aliphatic carbocycles. The molecule has 0 N–H and O–H groups in total. The minimum Gasteiger partial charge on any atom is -0.308 e. The van der Waals surface area contributed by atoms with Crippen molar-refractivity contribution in [3.63, 3.8) is 0 Å². The van der Waals surface area contributed by atoms with Gasteiger partial charge in [0.05, 0.1) is 6.54 Å². The van der Waals surface area contributed by atoms with E-state index in [1.54, 1.807) is 0 Å². The summed E-state index contributed by atoms with van der Waals surface area (Å²) in [6.45, 7) is 9.97. The molecule has 1 aromatic carbocycles. The van der Waals surface area contributed by atoms with Crippen LogP contribution < -0.4 is 0 Å². The number of amides is 2. The Morgan fingerprint density at radius 3 is 2.25 bits per heavy atom. The second kappa shape index (κ2) is 7.28. The summed E-state index contributed by atoms with van der Waals surface area (Å²) in [5.41, 5.74) is 3.45. The molecule has 0 atom stereocenters. The Balaban J connectivity index is 2.33. The van der Waals surface area contributed by atoms with Crippen molar-refractivity contribution in [1.29, 1.82) is 0 Å². The zero-order valence-corrected chi connectivity index (χ0v) is 16.4. The maximum Gasteiger partial charge on any atom is 0.229 e. The largest absolute Gasteiger partial charge is 0.308 e. The third-order valence-electron chi connectivity index (χ3n) is 4.05. The molecule has 24 heavy (non-hydrogen) atoms. The van der Waals surface area contributed by atoms with Gasteiger partial charge in [0.15, 0.2) is 0 Å². The van der Waals surface area contributed by atoms with E-state index >= 15 is 0 Å². The average Bonchev–Trinajstić information content (AvgIpc) is 2.73. The number of benzene rings is 1. The van der Waals surface area contributed by atoms with Crippen LogP contribution in [0.3, 0.4) is 0 Å². The molecule has 0 unspecified atom stereocenters. The van der Waals surface area contributed by atoms with Crippen LogP contribution in [-0.4, -0.2) is 47.0 Å². The lowest BCUT2D eigenvalue weighted by molar-refractivity contribution is -0.139. The van der Waals surface area contributed by atoms with E-state index < -0.39 is 0 Å². The summed E-state index contributed by atoms with van der Waals surface area (Å²) in [6.07, 6.45) is 0.691. The first-order chi connectivity index (χ1) is 11.1. The third kappa shape index (κ3) is 4.61. The maximum atomic E-state index is 12.0. The Bertz CT molecular complexity index is 637. The van der Waals surface area contributed by atoms with Crippen LogP contribution in [0.2, 0.25) is 0 Å². The predicted molar refractivity (Wildman–Crippen MR) is 99.2 cm³/mol. The normalized spacial score (nSPS) is 15.7. The van der Waals surface area contributed by atoms with Crippen molar-refractivity contribution < 1.29 is 9.59 Å². The van der Waals surface area contributed by atoms with Crippen LogP contribution in [0.25, 0.3) is 0 Å². The summed E-state index contributed by atoms with van der Waals surface area (Å²) in [5, 5.41) is 0. The molecule has 4 nitrogen and oxygen atoms in total. The van der Waals surface area contributed by atoms with Gasteiger partial charge in [0.25, 0.3) is 0 Å². The van der Waals surface area contributed by atoms with Gasteiger partial charge in [-0.1, -0.05) is 17.7 Å². The second-order valence-electron chi connectivity index (χ2n) is 7.54. The van der Waals surface area contributed by atoms with E-state index in [4.69, 9.17) is 0 Å². The molecule has 0 spiro atoms. The number of thioether (sulfide) groups is 1. The zero-order valence-electron chi connectivity index (χ0n) is 15.6. The molecule has 1 heterocycles. The van der Waals surface area contributed by atoms with Crippen molar-refractivity contribution in [3.05, 3.63) is 28.8 Å². The Hall–Kier alpha value is -1.33. The highest BCUT2D eigenvalue weighted by Crippen LogP contribution is 2.38. The minimum absolute atomic E-state index is 0.0390. The molecule has 0 radical (unpaired) electrons. The van der Waals surface area contributed by atoms with Gasteiger partial charge >= 0.3 is 0 Å². The highest BCUT2D eigenvalue weighted by molar-refractivity contribution is 8.00. The van der Waals surface area contributed by atoms with Gasteiger partial charge in [-0.2, -0.15) is 0 Å². The van der Waals surface area contributed by atoms with Gasteiger partial charge in [-0.25, -0.2) is 0 Å². The van der Waals surface area contributed by atoms with E-state index in [0.717, 1.165) is 17.7 Å². The van der Waals surface area contributed by atoms with E-state index in [1.165, 1.54) is 15.4 Å². The number of hydrogen-bond acceptors (Lipinski definition) is 4. The first kappa shape index (κ1) is 19.0. The fraction of sp³-hybridized carbons (Fsp3) is 0.579. The van der Waals surface area contributed by atoms with Gasteiger partial charge in [-0.15, -0.1) is 11.8 Å². The predicted octanol–water partition coefficient (Wildman–Crippen LogP) is 3.38. The summed E-state index contributed by atoms with van der Waals surface area (Å²) in [7, 11) is 4.15. The lowest BCUT2D eigenvalue weighted by Gasteiger charge is -2.30. The highest BCUT2D eigenvalue weighted by Gasteiger charge is 2.30. The summed E-state index contributed by atoms with van der Waals surface area (Å²) in [6, 6.07) is 4.28. The van der Waals surface area contributed by atoms with Gasteiger partial charge in [0.2, 0.25) is 11.8 Å². The fourth-order valence-corrected chi connectivity index (χ4v) is 4.70. The number of aryl methyl sites for hydroxylation is 2. The molecule has 0 saturated carbocycles. The van der Waals surface area contributed by atoms with Crippen LogP contribution in [0.5, 0.6) is 0 Å². The molecule has 2 amide bonds. The third-order valence-corrected chi connectivity index (χ3v) is 5.52. The smallest absolute Gasteiger partial charge is 0.229 e. The quantitative estimate of drug-likeness (QED) is 0.584. The van der Waals surface area contributed by atoms with Gasteiger partial charge in [0.1, 0.15) is 0 Å². The van der Waals surface area contributed by atoms with Crippen LogP contribution in [-0.2, 0) is 16.1 Å². The summed E-state index contributed by atoms with van der Waals surface area (Å²) < 4.78 is 0.0390. The van der Waals surface area contributed by atoms with Gasteiger partial charge in [-0.05, 0) is 52.9 Å². The van der Waals surface area contributed by atoms with Gasteiger partial charge in [-0.3, -0.25) is 14.5 Å². The summed E-state index contributed by atoms with van der Waals surface area (Å²) in [4.78, 5) is 28.8.